The van der Waals surface area contributed by atoms with Crippen LogP contribution in [0.15, 0.2) is 41.5 Å². The number of carbonyl (C=O) groups excluding carboxylic acids is 3. The van der Waals surface area contributed by atoms with E-state index in [1.807, 2.05) is 4.90 Å². The van der Waals surface area contributed by atoms with Crippen LogP contribution >= 0.6 is 0 Å². The number of hydrogen-bond donors (Lipinski definition) is 1. The SMILES string of the molecule is COc1c(N2C[C@H]3CCCN(C(=O)Cn4cc(CN5C(=O)C(=O)c6c(F)cccc65)nn4)[C@H]3C2)c(F)cc2c(=O)c(C(=O)O)cn(C3CC3)c12. The number of hydrogen-bond acceptors (Lipinski definition) is 9. The molecule has 2 aromatic heterocycles. The molecule has 16 heteroatoms. The number of aromatic nitrogens is 4. The summed E-state index contributed by atoms with van der Waals surface area (Å²) < 4.78 is 39.1. The fourth-order valence-corrected chi connectivity index (χ4v) is 7.73. The van der Waals surface area contributed by atoms with Crippen molar-refractivity contribution in [3.63, 3.8) is 0 Å². The van der Waals surface area contributed by atoms with E-state index in [2.05, 4.69) is 10.3 Å². The maximum absolute atomic E-state index is 16.0. The molecule has 1 N–H and O–H groups in total. The number of ether oxygens (including phenoxy) is 1. The van der Waals surface area contributed by atoms with Gasteiger partial charge in [0.1, 0.15) is 29.3 Å². The number of piperidine rings is 1. The van der Waals surface area contributed by atoms with Crippen molar-refractivity contribution >= 4 is 45.8 Å². The predicted molar refractivity (Wildman–Crippen MR) is 172 cm³/mol. The molecule has 3 aliphatic heterocycles. The second-order valence-corrected chi connectivity index (χ2v) is 13.2. The number of ketones is 1. The summed E-state index contributed by atoms with van der Waals surface area (Å²) in [5, 5.41) is 17.7. The number of halogens is 2. The summed E-state index contributed by atoms with van der Waals surface area (Å²) in [6.45, 7) is 0.941. The van der Waals surface area contributed by atoms with Gasteiger partial charge < -0.3 is 24.2 Å². The van der Waals surface area contributed by atoms with E-state index >= 15 is 4.39 Å². The Hall–Kier alpha value is -5.67. The van der Waals surface area contributed by atoms with Crippen LogP contribution in [0.5, 0.6) is 5.75 Å². The second-order valence-electron chi connectivity index (χ2n) is 13.2. The number of rotatable bonds is 8. The molecule has 5 heterocycles. The van der Waals surface area contributed by atoms with E-state index in [1.54, 1.807) is 9.47 Å². The van der Waals surface area contributed by atoms with Crippen LogP contribution < -0.4 is 20.0 Å². The summed E-state index contributed by atoms with van der Waals surface area (Å²) in [6.07, 6.45) is 5.94. The fraction of sp³-hybridized carbons (Fsp3) is 0.382. The quantitative estimate of drug-likeness (QED) is 0.273. The van der Waals surface area contributed by atoms with Crippen molar-refractivity contribution in [2.45, 2.75) is 50.9 Å². The van der Waals surface area contributed by atoms with Gasteiger partial charge in [-0.2, -0.15) is 0 Å². The molecule has 8 rings (SSSR count). The number of amides is 2. The van der Waals surface area contributed by atoms with E-state index in [-0.39, 0.29) is 65.1 Å². The number of carboxylic acid groups (broad SMARTS) is 1. The van der Waals surface area contributed by atoms with Gasteiger partial charge in [0.05, 0.1) is 48.0 Å². The summed E-state index contributed by atoms with van der Waals surface area (Å²) >= 11 is 0. The van der Waals surface area contributed by atoms with Crippen molar-refractivity contribution in [2.24, 2.45) is 5.92 Å². The van der Waals surface area contributed by atoms with Crippen molar-refractivity contribution in [3.8, 4) is 5.75 Å². The van der Waals surface area contributed by atoms with Gasteiger partial charge in [-0.1, -0.05) is 11.3 Å². The molecule has 0 bridgehead atoms. The number of likely N-dealkylation sites (tertiary alicyclic amines) is 1. The zero-order chi connectivity index (χ0) is 35.0. The van der Waals surface area contributed by atoms with Gasteiger partial charge in [0.25, 0.3) is 11.7 Å². The van der Waals surface area contributed by atoms with Crippen LogP contribution in [0.25, 0.3) is 10.9 Å². The van der Waals surface area contributed by atoms with Gasteiger partial charge in [-0.3, -0.25) is 24.1 Å². The van der Waals surface area contributed by atoms with Crippen molar-refractivity contribution in [1.82, 2.24) is 24.5 Å². The molecular weight excluding hydrogens is 656 g/mol. The van der Waals surface area contributed by atoms with E-state index in [0.717, 1.165) is 42.7 Å². The summed E-state index contributed by atoms with van der Waals surface area (Å²) in [5.74, 6) is -4.74. The smallest absolute Gasteiger partial charge is 0.341 e. The number of fused-ring (bicyclic) bond motifs is 3. The van der Waals surface area contributed by atoms with Gasteiger partial charge in [-0.15, -0.1) is 5.10 Å². The van der Waals surface area contributed by atoms with Crippen LogP contribution in [0.1, 0.15) is 58.1 Å². The normalized spacial score (nSPS) is 20.1. The number of Topliss-reactive ketones (excluding diaryl/α,β-unsaturated/α-hetero) is 1. The van der Waals surface area contributed by atoms with Gasteiger partial charge >= 0.3 is 5.97 Å². The van der Waals surface area contributed by atoms with Gasteiger partial charge in [-0.05, 0) is 49.8 Å². The van der Waals surface area contributed by atoms with Crippen LogP contribution in [-0.4, -0.2) is 85.9 Å². The highest BCUT2D eigenvalue weighted by atomic mass is 19.1. The second kappa shape index (κ2) is 11.7. The van der Waals surface area contributed by atoms with Crippen LogP contribution in [0, 0.1) is 17.6 Å². The van der Waals surface area contributed by atoms with E-state index in [4.69, 9.17) is 4.74 Å². The van der Waals surface area contributed by atoms with Crippen LogP contribution in [0.4, 0.5) is 20.2 Å². The van der Waals surface area contributed by atoms with E-state index < -0.39 is 40.3 Å². The molecule has 0 radical (unpaired) electrons. The van der Waals surface area contributed by atoms with Gasteiger partial charge in [-0.25, -0.2) is 18.3 Å². The average Bonchev–Trinajstić information content (AvgIpc) is 3.61. The number of anilines is 2. The first-order chi connectivity index (χ1) is 24.0. The molecule has 0 unspecified atom stereocenters. The highest BCUT2D eigenvalue weighted by Gasteiger charge is 2.43. The minimum Gasteiger partial charge on any atom is -0.492 e. The number of carboxylic acids is 1. The maximum Gasteiger partial charge on any atom is 0.341 e. The lowest BCUT2D eigenvalue weighted by molar-refractivity contribution is -0.136. The molecule has 2 amide bonds. The Bertz CT molecular complexity index is 2200. The van der Waals surface area contributed by atoms with Gasteiger partial charge in [0.15, 0.2) is 11.6 Å². The van der Waals surface area contributed by atoms with E-state index in [1.165, 1.54) is 36.3 Å². The minimum absolute atomic E-state index is 0.0259. The Kier molecular flexibility index (Phi) is 7.42. The monoisotopic (exact) mass is 687 g/mol. The number of methoxy groups -OCH3 is 1. The van der Waals surface area contributed by atoms with Gasteiger partial charge in [0, 0.05) is 31.9 Å². The number of pyridine rings is 1. The van der Waals surface area contributed by atoms with Crippen LogP contribution in [0.2, 0.25) is 0 Å². The van der Waals surface area contributed by atoms with Crippen LogP contribution in [-0.2, 0) is 22.7 Å². The fourth-order valence-electron chi connectivity index (χ4n) is 7.73. The average molecular weight is 688 g/mol. The van der Waals surface area contributed by atoms with Gasteiger partial charge in [0.2, 0.25) is 11.3 Å². The Morgan fingerprint density at radius 1 is 1.06 bits per heavy atom. The van der Waals surface area contributed by atoms with Crippen molar-refractivity contribution in [1.29, 1.82) is 0 Å². The number of aromatic carboxylic acids is 1. The molecule has 258 valence electrons. The number of nitrogens with zero attached hydrogens (tertiary/aromatic N) is 7. The van der Waals surface area contributed by atoms with Crippen molar-refractivity contribution in [3.05, 3.63) is 75.3 Å². The summed E-state index contributed by atoms with van der Waals surface area (Å²) in [4.78, 5) is 68.4. The Morgan fingerprint density at radius 2 is 1.86 bits per heavy atom. The molecule has 3 fully saturated rings. The van der Waals surface area contributed by atoms with Crippen molar-refractivity contribution in [2.75, 3.05) is 36.5 Å². The number of carbonyl (C=O) groups is 4. The zero-order valence-corrected chi connectivity index (χ0v) is 26.8. The topological polar surface area (TPSA) is 160 Å². The minimum atomic E-state index is -1.38. The first-order valence-electron chi connectivity index (χ1n) is 16.3. The van der Waals surface area contributed by atoms with Crippen LogP contribution in [0.3, 0.4) is 0 Å². The largest absolute Gasteiger partial charge is 0.492 e. The highest BCUT2D eigenvalue weighted by Crippen LogP contribution is 2.45. The molecule has 50 heavy (non-hydrogen) atoms. The lowest BCUT2D eigenvalue weighted by Crippen LogP contribution is -2.49. The zero-order valence-electron chi connectivity index (χ0n) is 26.8. The first kappa shape index (κ1) is 31.6. The molecule has 1 saturated carbocycles. The molecule has 1 aliphatic carbocycles. The number of benzene rings is 2. The Morgan fingerprint density at radius 3 is 2.60 bits per heavy atom. The first-order valence-corrected chi connectivity index (χ1v) is 16.3. The molecule has 2 atom stereocenters. The molecular formula is C34H31F2N7O7. The standard InChI is InChI=1S/C34H31F2N7O7/c1-50-32-28-20(30(45)21(34(48)49)14-42(28)19-7-8-19)10-23(36)29(32)39-11-17-4-3-9-41(25(17)15-39)26(44)16-40-12-18(37-38-40)13-43-24-6-2-5-22(35)27(24)31(46)33(43)47/h2,5-6,10,12,14,17,19,25H,3-4,7-9,11,13,15-16H2,1H3,(H,48,49)/t17-,25+/m1/s1. The molecule has 2 saturated heterocycles. The summed E-state index contributed by atoms with van der Waals surface area (Å²) in [7, 11) is 1.39. The van der Waals surface area contributed by atoms with E-state index in [0.29, 0.717) is 30.8 Å². The molecule has 2 aromatic carbocycles. The maximum atomic E-state index is 16.0. The third-order valence-corrected chi connectivity index (χ3v) is 10.1. The molecule has 4 aromatic rings. The lowest BCUT2D eigenvalue weighted by atomic mass is 9.92. The molecule has 4 aliphatic rings. The molecule has 0 spiro atoms. The predicted octanol–water partition coefficient (Wildman–Crippen LogP) is 2.77. The third kappa shape index (κ3) is 4.99. The summed E-state index contributed by atoms with van der Waals surface area (Å²) in [6, 6.07) is 4.81. The van der Waals surface area contributed by atoms with Crippen molar-refractivity contribution < 1.29 is 37.8 Å². The molecule has 14 nitrogen and oxygen atoms in total. The Balaban J connectivity index is 1.03. The third-order valence-electron chi connectivity index (χ3n) is 10.1. The van der Waals surface area contributed by atoms with E-state index in [9.17, 15) is 33.5 Å². The lowest BCUT2D eigenvalue weighted by Gasteiger charge is -2.36. The Labute approximate surface area is 282 Å². The highest BCUT2D eigenvalue weighted by molar-refractivity contribution is 6.52. The summed E-state index contributed by atoms with van der Waals surface area (Å²) in [5.41, 5.74) is -0.531.